The molecule has 3 rings (SSSR count). The Kier molecular flexibility index (Phi) is 4.25. The molecule has 0 saturated carbocycles. The molecular weight excluding hydrogens is 312 g/mol. The van der Waals surface area contributed by atoms with Gasteiger partial charge >= 0.3 is 5.97 Å². The molecule has 0 saturated heterocycles. The minimum absolute atomic E-state index is 0.0848. The van der Waals surface area contributed by atoms with Crippen molar-refractivity contribution < 1.29 is 14.6 Å². The number of carbonyl (C=O) groups is 1. The number of anilines is 2. The summed E-state index contributed by atoms with van der Waals surface area (Å²) in [5.41, 5.74) is 0.901. The van der Waals surface area contributed by atoms with E-state index in [1.807, 2.05) is 54.6 Å². The van der Waals surface area contributed by atoms with E-state index in [0.717, 1.165) is 17.2 Å². The Bertz CT molecular complexity index is 814. The van der Waals surface area contributed by atoms with Crippen LogP contribution < -0.4 is 10.1 Å². The van der Waals surface area contributed by atoms with Crippen molar-refractivity contribution >= 4 is 28.1 Å². The molecular formula is C17H14N2O3S. The molecule has 0 unspecified atom stereocenters. The van der Waals surface area contributed by atoms with Crippen molar-refractivity contribution in [3.8, 4) is 11.5 Å². The molecule has 2 N–H and O–H groups in total. The van der Waals surface area contributed by atoms with E-state index in [-0.39, 0.29) is 5.69 Å². The van der Waals surface area contributed by atoms with Crippen LogP contribution in [0.1, 0.15) is 15.4 Å². The highest BCUT2D eigenvalue weighted by atomic mass is 32.1. The lowest BCUT2D eigenvalue weighted by molar-refractivity contribution is 0.0690. The Balaban J connectivity index is 1.70. The van der Waals surface area contributed by atoms with Crippen LogP contribution >= 0.6 is 11.3 Å². The van der Waals surface area contributed by atoms with Crippen molar-refractivity contribution in [2.75, 3.05) is 5.32 Å². The summed E-state index contributed by atoms with van der Waals surface area (Å²) in [6, 6.07) is 16.9. The number of aromatic carboxylic acids is 1. The number of carboxylic acid groups (broad SMARTS) is 1. The van der Waals surface area contributed by atoms with E-state index in [1.54, 1.807) is 6.92 Å². The normalized spacial score (nSPS) is 10.3. The van der Waals surface area contributed by atoms with E-state index >= 15 is 0 Å². The van der Waals surface area contributed by atoms with Crippen LogP contribution in [0.5, 0.6) is 11.5 Å². The van der Waals surface area contributed by atoms with Crippen LogP contribution in [-0.4, -0.2) is 16.1 Å². The van der Waals surface area contributed by atoms with Gasteiger partial charge in [-0.1, -0.05) is 18.2 Å². The van der Waals surface area contributed by atoms with Gasteiger partial charge in [0.1, 0.15) is 11.5 Å². The summed E-state index contributed by atoms with van der Waals surface area (Å²) in [6.07, 6.45) is 0. The number of hydrogen-bond acceptors (Lipinski definition) is 5. The Hall–Kier alpha value is -2.86. The first-order chi connectivity index (χ1) is 11.1. The monoisotopic (exact) mass is 326 g/mol. The summed E-state index contributed by atoms with van der Waals surface area (Å²) in [4.78, 5) is 15.7. The lowest BCUT2D eigenvalue weighted by atomic mass is 10.3. The zero-order valence-corrected chi connectivity index (χ0v) is 13.1. The first-order valence-electron chi connectivity index (χ1n) is 6.92. The van der Waals surface area contributed by atoms with E-state index in [9.17, 15) is 4.79 Å². The zero-order valence-electron chi connectivity index (χ0n) is 12.3. The molecule has 2 aromatic carbocycles. The quantitative estimate of drug-likeness (QED) is 0.712. The fraction of sp³-hybridized carbons (Fsp3) is 0.0588. The van der Waals surface area contributed by atoms with Gasteiger partial charge in [-0.15, -0.1) is 11.3 Å². The molecule has 1 aromatic heterocycles. The van der Waals surface area contributed by atoms with Gasteiger partial charge in [-0.05, 0) is 43.3 Å². The lowest BCUT2D eigenvalue weighted by Crippen LogP contribution is -1.99. The van der Waals surface area contributed by atoms with Gasteiger partial charge in [0, 0.05) is 10.6 Å². The van der Waals surface area contributed by atoms with E-state index in [0.29, 0.717) is 10.0 Å². The second kappa shape index (κ2) is 6.50. The van der Waals surface area contributed by atoms with E-state index in [2.05, 4.69) is 10.3 Å². The molecule has 0 bridgehead atoms. The summed E-state index contributed by atoms with van der Waals surface area (Å²) < 4.78 is 5.72. The molecule has 0 aliphatic heterocycles. The fourth-order valence-corrected chi connectivity index (χ4v) is 2.83. The van der Waals surface area contributed by atoms with Crippen molar-refractivity contribution in [2.45, 2.75) is 6.92 Å². The topological polar surface area (TPSA) is 71.5 Å². The third-order valence-corrected chi connectivity index (χ3v) is 3.97. The highest BCUT2D eigenvalue weighted by molar-refractivity contribution is 7.15. The molecule has 0 amide bonds. The highest BCUT2D eigenvalue weighted by Crippen LogP contribution is 2.27. The maximum absolute atomic E-state index is 11.0. The summed E-state index contributed by atoms with van der Waals surface area (Å²) in [7, 11) is 0. The smallest absolute Gasteiger partial charge is 0.355 e. The molecule has 3 aromatic rings. The Morgan fingerprint density at radius 1 is 1.09 bits per heavy atom. The molecule has 1 heterocycles. The Morgan fingerprint density at radius 2 is 1.74 bits per heavy atom. The maximum Gasteiger partial charge on any atom is 0.355 e. The number of nitrogens with one attached hydrogen (secondary N) is 1. The minimum Gasteiger partial charge on any atom is -0.476 e. The maximum atomic E-state index is 11.0. The van der Waals surface area contributed by atoms with E-state index < -0.39 is 5.97 Å². The average Bonchev–Trinajstić information content (AvgIpc) is 2.91. The van der Waals surface area contributed by atoms with Gasteiger partial charge in [-0.25, -0.2) is 9.78 Å². The van der Waals surface area contributed by atoms with Crippen LogP contribution in [0, 0.1) is 6.92 Å². The van der Waals surface area contributed by atoms with Gasteiger partial charge in [0.05, 0.1) is 0 Å². The van der Waals surface area contributed by atoms with E-state index in [4.69, 9.17) is 9.84 Å². The van der Waals surface area contributed by atoms with E-state index in [1.165, 1.54) is 11.3 Å². The van der Waals surface area contributed by atoms with Gasteiger partial charge < -0.3 is 15.2 Å². The third-order valence-electron chi connectivity index (χ3n) is 3.08. The van der Waals surface area contributed by atoms with Crippen LogP contribution in [0.4, 0.5) is 10.8 Å². The zero-order chi connectivity index (χ0) is 16.2. The number of benzene rings is 2. The Labute approximate surface area is 137 Å². The van der Waals surface area contributed by atoms with Crippen molar-refractivity contribution in [1.82, 2.24) is 4.98 Å². The predicted molar refractivity (Wildman–Crippen MR) is 90.1 cm³/mol. The molecule has 23 heavy (non-hydrogen) atoms. The minimum atomic E-state index is -1.02. The highest BCUT2D eigenvalue weighted by Gasteiger charge is 2.14. The van der Waals surface area contributed by atoms with Crippen LogP contribution in [0.15, 0.2) is 54.6 Å². The van der Waals surface area contributed by atoms with Gasteiger partial charge in [0.25, 0.3) is 0 Å². The van der Waals surface area contributed by atoms with Gasteiger partial charge in [-0.2, -0.15) is 0 Å². The number of thiazole rings is 1. The lowest BCUT2D eigenvalue weighted by Gasteiger charge is -2.07. The second-order valence-corrected chi connectivity index (χ2v) is 6.00. The SMILES string of the molecule is Cc1sc(Nc2ccc(Oc3ccccc3)cc2)nc1C(=O)O. The van der Waals surface area contributed by atoms with Gasteiger partial charge in [0.15, 0.2) is 10.8 Å². The summed E-state index contributed by atoms with van der Waals surface area (Å²) in [6.45, 7) is 1.74. The van der Waals surface area contributed by atoms with Crippen molar-refractivity contribution in [1.29, 1.82) is 0 Å². The molecule has 6 heteroatoms. The third kappa shape index (κ3) is 3.67. The first kappa shape index (κ1) is 15.1. The predicted octanol–water partition coefficient (Wildman–Crippen LogP) is 4.69. The number of hydrogen-bond donors (Lipinski definition) is 2. The standard InChI is InChI=1S/C17H14N2O3S/c1-11-15(16(20)21)19-17(23-11)18-12-7-9-14(10-8-12)22-13-5-3-2-4-6-13/h2-10H,1H3,(H,18,19)(H,20,21). The molecule has 0 atom stereocenters. The van der Waals surface area contributed by atoms with Crippen LogP contribution in [0.2, 0.25) is 0 Å². The average molecular weight is 326 g/mol. The van der Waals surface area contributed by atoms with Gasteiger partial charge in [-0.3, -0.25) is 0 Å². The van der Waals surface area contributed by atoms with Gasteiger partial charge in [0.2, 0.25) is 0 Å². The second-order valence-electron chi connectivity index (χ2n) is 4.79. The number of rotatable bonds is 5. The molecule has 0 aliphatic carbocycles. The molecule has 0 spiro atoms. The summed E-state index contributed by atoms with van der Waals surface area (Å²) >= 11 is 1.31. The van der Waals surface area contributed by atoms with Crippen LogP contribution in [0.25, 0.3) is 0 Å². The van der Waals surface area contributed by atoms with Crippen LogP contribution in [-0.2, 0) is 0 Å². The molecule has 0 aliphatic rings. The summed E-state index contributed by atoms with van der Waals surface area (Å²) in [5, 5.41) is 12.7. The van der Waals surface area contributed by atoms with Crippen molar-refractivity contribution in [2.24, 2.45) is 0 Å². The molecule has 0 fully saturated rings. The Morgan fingerprint density at radius 3 is 2.35 bits per heavy atom. The first-order valence-corrected chi connectivity index (χ1v) is 7.74. The van der Waals surface area contributed by atoms with Crippen LogP contribution in [0.3, 0.4) is 0 Å². The molecule has 116 valence electrons. The number of carboxylic acids is 1. The van der Waals surface area contributed by atoms with Crippen molar-refractivity contribution in [3.63, 3.8) is 0 Å². The molecule has 5 nitrogen and oxygen atoms in total. The summed E-state index contributed by atoms with van der Waals surface area (Å²) in [5.74, 6) is 0.483. The number of ether oxygens (including phenoxy) is 1. The molecule has 0 radical (unpaired) electrons. The number of nitrogens with zero attached hydrogens (tertiary/aromatic N) is 1. The fourth-order valence-electron chi connectivity index (χ4n) is 2.00. The van der Waals surface area contributed by atoms with Crippen molar-refractivity contribution in [3.05, 3.63) is 65.2 Å². The number of aromatic nitrogens is 1. The number of para-hydroxylation sites is 1. The number of aryl methyl sites for hydroxylation is 1. The largest absolute Gasteiger partial charge is 0.476 e.